The summed E-state index contributed by atoms with van der Waals surface area (Å²) in [6.07, 6.45) is 5.85. The van der Waals surface area contributed by atoms with E-state index in [2.05, 4.69) is 63.3 Å². The lowest BCUT2D eigenvalue weighted by molar-refractivity contribution is 0.0960. The van der Waals surface area contributed by atoms with Crippen LogP contribution in [0.15, 0.2) is 42.9 Å². The van der Waals surface area contributed by atoms with E-state index in [9.17, 15) is 5.11 Å². The fourth-order valence-corrected chi connectivity index (χ4v) is 4.78. The third-order valence-electron chi connectivity index (χ3n) is 6.31. The lowest BCUT2D eigenvalue weighted by atomic mass is 10.1. The van der Waals surface area contributed by atoms with Crippen LogP contribution in [0.1, 0.15) is 36.1 Å². The SMILES string of the molecule is [CH2][C@H]1C[C@@H](n2ccc3c(N[C@@H]4c5ccccc5C[C@@H]4OC)ncnc32)C[C@@H]1O. The molecule has 0 amide bonds. The summed E-state index contributed by atoms with van der Waals surface area (Å²) < 4.78 is 7.91. The van der Waals surface area contributed by atoms with Crippen LogP contribution in [0.5, 0.6) is 0 Å². The minimum absolute atomic E-state index is 0.0557. The maximum atomic E-state index is 10.1. The number of methoxy groups -OCH3 is 1. The standard InChI is InChI=1S/C22H25N4O2/c1-13-9-15(11-18(13)27)26-8-7-17-21(23-12-24-22(17)26)25-20-16-6-4-3-5-14(16)10-19(20)28-2/h3-8,12-13,15,18-20,27H,1,9-11H2,2H3,(H,23,24,25)/t13-,15+,18-,19-,20+/m0/s1. The number of hydrogen-bond donors (Lipinski definition) is 2. The van der Waals surface area contributed by atoms with Crippen LogP contribution < -0.4 is 5.32 Å². The molecule has 6 nitrogen and oxygen atoms in total. The van der Waals surface area contributed by atoms with Crippen molar-refractivity contribution in [3.05, 3.63) is 60.9 Å². The lowest BCUT2D eigenvalue weighted by Gasteiger charge is -2.22. The molecule has 1 saturated carbocycles. The fourth-order valence-electron chi connectivity index (χ4n) is 4.78. The van der Waals surface area contributed by atoms with Gasteiger partial charge in [0.05, 0.1) is 23.6 Å². The third kappa shape index (κ3) is 2.79. The van der Waals surface area contributed by atoms with E-state index in [1.807, 2.05) is 0 Å². The van der Waals surface area contributed by atoms with Crippen LogP contribution in [-0.2, 0) is 11.2 Å². The van der Waals surface area contributed by atoms with Gasteiger partial charge in [0.25, 0.3) is 0 Å². The summed E-state index contributed by atoms with van der Waals surface area (Å²) in [5.74, 6) is 0.886. The van der Waals surface area contributed by atoms with E-state index >= 15 is 0 Å². The first kappa shape index (κ1) is 17.6. The highest BCUT2D eigenvalue weighted by atomic mass is 16.5. The molecule has 2 heterocycles. The molecule has 145 valence electrons. The highest BCUT2D eigenvalue weighted by Gasteiger charge is 2.34. The number of aliphatic hydroxyl groups is 1. The molecular formula is C22H25N4O2. The Hall–Kier alpha value is -2.44. The van der Waals surface area contributed by atoms with Crippen molar-refractivity contribution in [3.63, 3.8) is 0 Å². The second-order valence-electron chi connectivity index (χ2n) is 7.93. The first-order chi connectivity index (χ1) is 13.7. The maximum absolute atomic E-state index is 10.1. The zero-order valence-electron chi connectivity index (χ0n) is 16.0. The van der Waals surface area contributed by atoms with Crippen molar-refractivity contribution in [2.45, 2.75) is 43.6 Å². The number of aromatic nitrogens is 3. The first-order valence-electron chi connectivity index (χ1n) is 9.85. The molecule has 1 fully saturated rings. The average Bonchev–Trinajstić information content (AvgIpc) is 3.38. The average molecular weight is 377 g/mol. The van der Waals surface area contributed by atoms with Crippen LogP contribution in [0, 0.1) is 12.8 Å². The van der Waals surface area contributed by atoms with Gasteiger partial charge in [0, 0.05) is 25.8 Å². The van der Waals surface area contributed by atoms with Gasteiger partial charge in [-0.2, -0.15) is 0 Å². The predicted octanol–water partition coefficient (Wildman–Crippen LogP) is 3.30. The zero-order chi connectivity index (χ0) is 19.3. The molecule has 5 atom stereocenters. The van der Waals surface area contributed by atoms with E-state index in [4.69, 9.17) is 4.74 Å². The van der Waals surface area contributed by atoms with Gasteiger partial charge in [0.1, 0.15) is 17.8 Å². The van der Waals surface area contributed by atoms with Crippen LogP contribution in [0.2, 0.25) is 0 Å². The number of nitrogens with zero attached hydrogens (tertiary/aromatic N) is 3. The minimum Gasteiger partial charge on any atom is -0.393 e. The molecule has 3 aromatic rings. The molecule has 0 saturated heterocycles. The Labute approximate surface area is 164 Å². The van der Waals surface area contributed by atoms with Crippen molar-refractivity contribution in [2.75, 3.05) is 12.4 Å². The smallest absolute Gasteiger partial charge is 0.145 e. The van der Waals surface area contributed by atoms with Gasteiger partial charge in [-0.1, -0.05) is 24.3 Å². The summed E-state index contributed by atoms with van der Waals surface area (Å²) in [7, 11) is 1.76. The molecule has 28 heavy (non-hydrogen) atoms. The van der Waals surface area contributed by atoms with Gasteiger partial charge in [-0.25, -0.2) is 9.97 Å². The molecule has 0 aliphatic heterocycles. The Kier molecular flexibility index (Phi) is 4.33. The van der Waals surface area contributed by atoms with Crippen LogP contribution in [0.25, 0.3) is 11.0 Å². The molecular weight excluding hydrogens is 352 g/mol. The monoisotopic (exact) mass is 377 g/mol. The van der Waals surface area contributed by atoms with Gasteiger partial charge in [-0.15, -0.1) is 0 Å². The highest BCUT2D eigenvalue weighted by Crippen LogP contribution is 2.39. The summed E-state index contributed by atoms with van der Waals surface area (Å²) in [6, 6.07) is 10.8. The van der Waals surface area contributed by atoms with E-state index in [0.29, 0.717) is 6.42 Å². The maximum Gasteiger partial charge on any atom is 0.145 e. The van der Waals surface area contributed by atoms with E-state index in [1.54, 1.807) is 13.4 Å². The fraction of sp³-hybridized carbons (Fsp3) is 0.409. The molecule has 2 aliphatic rings. The first-order valence-corrected chi connectivity index (χ1v) is 9.85. The van der Waals surface area contributed by atoms with Crippen molar-refractivity contribution >= 4 is 16.9 Å². The van der Waals surface area contributed by atoms with E-state index < -0.39 is 0 Å². The van der Waals surface area contributed by atoms with Crippen molar-refractivity contribution in [3.8, 4) is 0 Å². The van der Waals surface area contributed by atoms with Crippen LogP contribution in [0.4, 0.5) is 5.82 Å². The van der Waals surface area contributed by atoms with Gasteiger partial charge in [0.15, 0.2) is 0 Å². The molecule has 2 aliphatic carbocycles. The van der Waals surface area contributed by atoms with Gasteiger partial charge >= 0.3 is 0 Å². The van der Waals surface area contributed by atoms with E-state index in [1.165, 1.54) is 11.1 Å². The Morgan fingerprint density at radius 1 is 1.21 bits per heavy atom. The molecule has 0 unspecified atom stereocenters. The number of nitrogens with one attached hydrogen (secondary N) is 1. The molecule has 5 rings (SSSR count). The number of rotatable bonds is 4. The van der Waals surface area contributed by atoms with Crippen LogP contribution in [-0.4, -0.2) is 39.0 Å². The summed E-state index contributed by atoms with van der Waals surface area (Å²) in [5, 5.41) is 14.7. The molecule has 0 spiro atoms. The van der Waals surface area contributed by atoms with Crippen LogP contribution in [0.3, 0.4) is 0 Å². The quantitative estimate of drug-likeness (QED) is 0.730. The minimum atomic E-state index is -0.348. The molecule has 1 radical (unpaired) electrons. The molecule has 6 heteroatoms. The summed E-state index contributed by atoms with van der Waals surface area (Å²) in [4.78, 5) is 9.06. The normalized spacial score (nSPS) is 29.3. The van der Waals surface area contributed by atoms with Crippen LogP contribution >= 0.6 is 0 Å². The second kappa shape index (κ2) is 6.87. The molecule has 2 aromatic heterocycles. The Bertz CT molecular complexity index is 991. The number of ether oxygens (including phenoxy) is 1. The Morgan fingerprint density at radius 2 is 2.07 bits per heavy atom. The molecule has 0 bridgehead atoms. The predicted molar refractivity (Wildman–Crippen MR) is 108 cm³/mol. The number of benzene rings is 1. The van der Waals surface area contributed by atoms with E-state index in [-0.39, 0.29) is 30.2 Å². The Morgan fingerprint density at radius 3 is 2.86 bits per heavy atom. The molecule has 2 N–H and O–H groups in total. The zero-order valence-corrected chi connectivity index (χ0v) is 16.0. The Balaban J connectivity index is 1.49. The third-order valence-corrected chi connectivity index (χ3v) is 6.31. The topological polar surface area (TPSA) is 72.2 Å². The number of fused-ring (bicyclic) bond motifs is 2. The van der Waals surface area contributed by atoms with Crippen molar-refractivity contribution in [1.82, 2.24) is 14.5 Å². The lowest BCUT2D eigenvalue weighted by Crippen LogP contribution is -2.24. The molecule has 1 aromatic carbocycles. The van der Waals surface area contributed by atoms with E-state index in [0.717, 1.165) is 29.7 Å². The van der Waals surface area contributed by atoms with Gasteiger partial charge in [-0.3, -0.25) is 0 Å². The second-order valence-corrected chi connectivity index (χ2v) is 7.93. The summed E-state index contributed by atoms with van der Waals surface area (Å²) >= 11 is 0. The number of aliphatic hydroxyl groups excluding tert-OH is 1. The van der Waals surface area contributed by atoms with Crippen molar-refractivity contribution in [1.29, 1.82) is 0 Å². The van der Waals surface area contributed by atoms with Gasteiger partial charge < -0.3 is 19.7 Å². The van der Waals surface area contributed by atoms with Gasteiger partial charge in [-0.05, 0) is 42.9 Å². The summed E-state index contributed by atoms with van der Waals surface area (Å²) in [5.41, 5.74) is 3.47. The van der Waals surface area contributed by atoms with Crippen molar-refractivity contribution in [2.24, 2.45) is 5.92 Å². The van der Waals surface area contributed by atoms with Gasteiger partial charge in [0.2, 0.25) is 0 Å². The number of hydrogen-bond acceptors (Lipinski definition) is 5. The highest BCUT2D eigenvalue weighted by molar-refractivity contribution is 5.87. The number of anilines is 1. The summed E-state index contributed by atoms with van der Waals surface area (Å²) in [6.45, 7) is 4.06. The largest absolute Gasteiger partial charge is 0.393 e. The van der Waals surface area contributed by atoms with Crippen molar-refractivity contribution < 1.29 is 9.84 Å².